The minimum atomic E-state index is -0.340. The van der Waals surface area contributed by atoms with Crippen molar-refractivity contribution in [3.05, 3.63) is 29.3 Å². The zero-order chi connectivity index (χ0) is 12.4. The fourth-order valence-corrected chi connectivity index (χ4v) is 2.02. The van der Waals surface area contributed by atoms with Gasteiger partial charge in [-0.05, 0) is 36.1 Å². The van der Waals surface area contributed by atoms with Crippen molar-refractivity contribution in [1.82, 2.24) is 0 Å². The Morgan fingerprint density at radius 1 is 1.59 bits per heavy atom. The first-order chi connectivity index (χ1) is 8.08. The molecule has 1 aliphatic rings. The van der Waals surface area contributed by atoms with E-state index in [9.17, 15) is 4.79 Å². The van der Waals surface area contributed by atoms with Gasteiger partial charge in [0.25, 0.3) is 0 Å². The van der Waals surface area contributed by atoms with E-state index in [1.807, 2.05) is 18.2 Å². The Kier molecular flexibility index (Phi) is 3.33. The van der Waals surface area contributed by atoms with Crippen LogP contribution in [0.5, 0.6) is 5.75 Å². The van der Waals surface area contributed by atoms with Crippen LogP contribution in [0.3, 0.4) is 0 Å². The zero-order valence-corrected chi connectivity index (χ0v) is 9.98. The maximum atomic E-state index is 10.9. The molecule has 1 amide bonds. The lowest BCUT2D eigenvalue weighted by atomic mass is 10.1. The predicted molar refractivity (Wildman–Crippen MR) is 65.5 cm³/mol. The van der Waals surface area contributed by atoms with Crippen molar-refractivity contribution in [1.29, 1.82) is 0 Å². The molecular formula is C13H18N2O2. The maximum Gasteiger partial charge on any atom is 0.223 e. The van der Waals surface area contributed by atoms with E-state index in [1.165, 1.54) is 11.1 Å². The Morgan fingerprint density at radius 3 is 3.06 bits per heavy atom. The number of hydrogen-bond acceptors (Lipinski definition) is 3. The summed E-state index contributed by atoms with van der Waals surface area (Å²) in [5.74, 6) is 0.171. The lowest BCUT2D eigenvalue weighted by molar-refractivity contribution is -0.122. The third kappa shape index (κ3) is 2.58. The van der Waals surface area contributed by atoms with Gasteiger partial charge in [0.05, 0.1) is 12.5 Å². The molecule has 0 aromatic heterocycles. The van der Waals surface area contributed by atoms with Crippen molar-refractivity contribution >= 4 is 5.91 Å². The first-order valence-electron chi connectivity index (χ1n) is 5.88. The molecule has 1 aliphatic carbocycles. The van der Waals surface area contributed by atoms with Crippen LogP contribution < -0.4 is 16.2 Å². The first kappa shape index (κ1) is 11.9. The Balaban J connectivity index is 2.01. The number of carbonyl (C=O) groups excluding carboxylic acids is 1. The second-order valence-electron chi connectivity index (χ2n) is 4.62. The molecule has 0 fully saturated rings. The Bertz CT molecular complexity index is 431. The van der Waals surface area contributed by atoms with Crippen molar-refractivity contribution in [2.45, 2.75) is 25.8 Å². The normalized spacial score (nSPS) is 19.8. The molecule has 1 aromatic rings. The molecule has 0 bridgehead atoms. The minimum absolute atomic E-state index is 0.156. The maximum absolute atomic E-state index is 10.9. The second kappa shape index (κ2) is 4.75. The van der Waals surface area contributed by atoms with Crippen LogP contribution in [0, 0.1) is 5.92 Å². The Morgan fingerprint density at radius 2 is 2.35 bits per heavy atom. The third-order valence-electron chi connectivity index (χ3n) is 3.22. The van der Waals surface area contributed by atoms with Crippen LogP contribution in [-0.4, -0.2) is 12.5 Å². The number of fused-ring (bicyclic) bond motifs is 1. The molecule has 2 unspecified atom stereocenters. The third-order valence-corrected chi connectivity index (χ3v) is 3.22. The van der Waals surface area contributed by atoms with Gasteiger partial charge in [-0.25, -0.2) is 0 Å². The lowest BCUT2D eigenvalue weighted by Crippen LogP contribution is -2.25. The van der Waals surface area contributed by atoms with Gasteiger partial charge in [0.15, 0.2) is 0 Å². The van der Waals surface area contributed by atoms with Gasteiger partial charge in [-0.3, -0.25) is 4.79 Å². The molecule has 4 N–H and O–H groups in total. The van der Waals surface area contributed by atoms with E-state index in [0.717, 1.165) is 18.6 Å². The van der Waals surface area contributed by atoms with Crippen LogP contribution in [0.25, 0.3) is 0 Å². The van der Waals surface area contributed by atoms with Gasteiger partial charge in [-0.15, -0.1) is 0 Å². The second-order valence-corrected chi connectivity index (χ2v) is 4.62. The number of nitrogens with two attached hydrogens (primary N) is 2. The quantitative estimate of drug-likeness (QED) is 0.819. The van der Waals surface area contributed by atoms with Gasteiger partial charge >= 0.3 is 0 Å². The largest absolute Gasteiger partial charge is 0.493 e. The number of amides is 1. The molecule has 0 heterocycles. The molecule has 92 valence electrons. The molecule has 0 radical (unpaired) electrons. The summed E-state index contributed by atoms with van der Waals surface area (Å²) in [4.78, 5) is 10.9. The molecule has 1 aromatic carbocycles. The van der Waals surface area contributed by atoms with Crippen LogP contribution in [0.2, 0.25) is 0 Å². The number of primary amides is 1. The smallest absolute Gasteiger partial charge is 0.223 e. The van der Waals surface area contributed by atoms with E-state index < -0.39 is 0 Å². The highest BCUT2D eigenvalue weighted by atomic mass is 16.5. The standard InChI is InChI=1S/C13H18N2O2/c1-8(13(15)16)7-17-10-3-4-11-9(6-10)2-5-12(11)14/h3-4,6,8,12H,2,5,7,14H2,1H3,(H2,15,16). The first-order valence-corrected chi connectivity index (χ1v) is 5.88. The SMILES string of the molecule is CC(COc1ccc2c(c1)CCC2N)C(N)=O. The van der Waals surface area contributed by atoms with Crippen molar-refractivity contribution in [3.8, 4) is 5.75 Å². The van der Waals surface area contributed by atoms with Gasteiger partial charge in [0, 0.05) is 6.04 Å². The van der Waals surface area contributed by atoms with Crippen molar-refractivity contribution in [2.75, 3.05) is 6.61 Å². The monoisotopic (exact) mass is 234 g/mol. The minimum Gasteiger partial charge on any atom is -0.493 e. The summed E-state index contributed by atoms with van der Waals surface area (Å²) in [5.41, 5.74) is 13.6. The predicted octanol–water partition coefficient (Wildman–Crippen LogP) is 1.13. The fraction of sp³-hybridized carbons (Fsp3) is 0.462. The van der Waals surface area contributed by atoms with E-state index >= 15 is 0 Å². The molecule has 2 atom stereocenters. The highest BCUT2D eigenvalue weighted by Crippen LogP contribution is 2.31. The molecule has 4 nitrogen and oxygen atoms in total. The van der Waals surface area contributed by atoms with Crippen LogP contribution in [0.1, 0.15) is 30.5 Å². The van der Waals surface area contributed by atoms with Gasteiger partial charge in [0.2, 0.25) is 5.91 Å². The Labute approximate surface area is 101 Å². The topological polar surface area (TPSA) is 78.3 Å². The fourth-order valence-electron chi connectivity index (χ4n) is 2.02. The summed E-state index contributed by atoms with van der Waals surface area (Å²) in [6, 6.07) is 6.08. The average Bonchev–Trinajstić information content (AvgIpc) is 2.67. The van der Waals surface area contributed by atoms with E-state index in [0.29, 0.717) is 6.61 Å². The summed E-state index contributed by atoms with van der Waals surface area (Å²) in [6.07, 6.45) is 2.00. The molecule has 4 heteroatoms. The molecular weight excluding hydrogens is 216 g/mol. The molecule has 0 saturated heterocycles. The molecule has 0 saturated carbocycles. The molecule has 0 aliphatic heterocycles. The van der Waals surface area contributed by atoms with Gasteiger partial charge < -0.3 is 16.2 Å². The number of hydrogen-bond donors (Lipinski definition) is 2. The molecule has 0 spiro atoms. The Hall–Kier alpha value is -1.55. The van der Waals surface area contributed by atoms with Crippen LogP contribution in [0.15, 0.2) is 18.2 Å². The summed E-state index contributed by atoms with van der Waals surface area (Å²) in [7, 11) is 0. The summed E-state index contributed by atoms with van der Waals surface area (Å²) < 4.78 is 5.55. The van der Waals surface area contributed by atoms with E-state index in [1.54, 1.807) is 6.92 Å². The number of rotatable bonds is 4. The summed E-state index contributed by atoms with van der Waals surface area (Å²) in [6.45, 7) is 2.08. The van der Waals surface area contributed by atoms with Crippen LogP contribution in [0.4, 0.5) is 0 Å². The van der Waals surface area contributed by atoms with Crippen molar-refractivity contribution in [3.63, 3.8) is 0 Å². The molecule has 2 rings (SSSR count). The van der Waals surface area contributed by atoms with Crippen LogP contribution >= 0.6 is 0 Å². The van der Waals surface area contributed by atoms with Crippen molar-refractivity contribution in [2.24, 2.45) is 17.4 Å². The van der Waals surface area contributed by atoms with Gasteiger partial charge in [-0.2, -0.15) is 0 Å². The van der Waals surface area contributed by atoms with E-state index in [-0.39, 0.29) is 17.9 Å². The number of aryl methyl sites for hydroxylation is 1. The van der Waals surface area contributed by atoms with Crippen LogP contribution in [-0.2, 0) is 11.2 Å². The summed E-state index contributed by atoms with van der Waals surface area (Å²) in [5, 5.41) is 0. The average molecular weight is 234 g/mol. The lowest BCUT2D eigenvalue weighted by Gasteiger charge is -2.11. The number of carbonyl (C=O) groups is 1. The number of benzene rings is 1. The zero-order valence-electron chi connectivity index (χ0n) is 9.98. The number of ether oxygens (including phenoxy) is 1. The van der Waals surface area contributed by atoms with E-state index in [2.05, 4.69) is 0 Å². The highest BCUT2D eigenvalue weighted by molar-refractivity contribution is 5.76. The summed E-state index contributed by atoms with van der Waals surface area (Å²) >= 11 is 0. The van der Waals surface area contributed by atoms with Crippen molar-refractivity contribution < 1.29 is 9.53 Å². The van der Waals surface area contributed by atoms with Gasteiger partial charge in [0.1, 0.15) is 5.75 Å². The molecule has 17 heavy (non-hydrogen) atoms. The highest BCUT2D eigenvalue weighted by Gasteiger charge is 2.19. The van der Waals surface area contributed by atoms with E-state index in [4.69, 9.17) is 16.2 Å². The van der Waals surface area contributed by atoms with Gasteiger partial charge in [-0.1, -0.05) is 13.0 Å².